The first-order chi connectivity index (χ1) is 9.20. The second-order valence-electron chi connectivity index (χ2n) is 4.61. The van der Waals surface area contributed by atoms with E-state index in [2.05, 4.69) is 15.8 Å². The Morgan fingerprint density at radius 1 is 1.32 bits per heavy atom. The zero-order chi connectivity index (χ0) is 13.7. The second kappa shape index (κ2) is 6.08. The van der Waals surface area contributed by atoms with Gasteiger partial charge in [-0.15, -0.1) is 0 Å². The first-order valence-corrected chi connectivity index (χ1v) is 6.35. The minimum atomic E-state index is -0.259. The standard InChI is InChI=1S/C13H18N4O2/c14-12(17-19)10-7-3-4-8-11(10)16-13(18)15-9-5-1-2-6-9/h3-4,7-9,19H,1-2,5-6H2,(H2,14,17)(H2,15,16,18). The lowest BCUT2D eigenvalue weighted by Gasteiger charge is -2.14. The van der Waals surface area contributed by atoms with Crippen molar-refractivity contribution < 1.29 is 10.0 Å². The molecule has 5 N–H and O–H groups in total. The van der Waals surface area contributed by atoms with Crippen molar-refractivity contribution in [2.24, 2.45) is 10.9 Å². The molecule has 0 spiro atoms. The van der Waals surface area contributed by atoms with Crippen LogP contribution in [-0.4, -0.2) is 23.1 Å². The summed E-state index contributed by atoms with van der Waals surface area (Å²) < 4.78 is 0. The zero-order valence-corrected chi connectivity index (χ0v) is 10.6. The van der Waals surface area contributed by atoms with Gasteiger partial charge in [-0.1, -0.05) is 30.1 Å². The van der Waals surface area contributed by atoms with Crippen LogP contribution < -0.4 is 16.4 Å². The van der Waals surface area contributed by atoms with E-state index < -0.39 is 0 Å². The molecule has 1 aromatic carbocycles. The molecule has 0 heterocycles. The summed E-state index contributed by atoms with van der Waals surface area (Å²) >= 11 is 0. The van der Waals surface area contributed by atoms with Gasteiger partial charge >= 0.3 is 6.03 Å². The number of hydrogen-bond donors (Lipinski definition) is 4. The lowest BCUT2D eigenvalue weighted by atomic mass is 10.1. The van der Waals surface area contributed by atoms with Crippen LogP contribution in [-0.2, 0) is 0 Å². The summed E-state index contributed by atoms with van der Waals surface area (Å²) in [6.45, 7) is 0. The van der Waals surface area contributed by atoms with Crippen LogP contribution in [0.25, 0.3) is 0 Å². The zero-order valence-electron chi connectivity index (χ0n) is 10.6. The topological polar surface area (TPSA) is 99.7 Å². The van der Waals surface area contributed by atoms with E-state index in [1.165, 1.54) is 0 Å². The first-order valence-electron chi connectivity index (χ1n) is 6.35. The van der Waals surface area contributed by atoms with Gasteiger partial charge in [0.15, 0.2) is 5.84 Å². The summed E-state index contributed by atoms with van der Waals surface area (Å²) in [6, 6.07) is 6.91. The van der Waals surface area contributed by atoms with Gasteiger partial charge in [-0.05, 0) is 25.0 Å². The van der Waals surface area contributed by atoms with E-state index in [-0.39, 0.29) is 17.9 Å². The fourth-order valence-electron chi connectivity index (χ4n) is 2.28. The van der Waals surface area contributed by atoms with Crippen LogP contribution >= 0.6 is 0 Å². The van der Waals surface area contributed by atoms with Crippen molar-refractivity contribution in [3.8, 4) is 0 Å². The van der Waals surface area contributed by atoms with Crippen LogP contribution in [0.1, 0.15) is 31.2 Å². The summed E-state index contributed by atoms with van der Waals surface area (Å²) in [6.07, 6.45) is 4.36. The lowest BCUT2D eigenvalue weighted by molar-refractivity contribution is 0.248. The maximum Gasteiger partial charge on any atom is 0.319 e. The molecule has 102 valence electrons. The Labute approximate surface area is 111 Å². The Balaban J connectivity index is 2.03. The van der Waals surface area contributed by atoms with Gasteiger partial charge in [0.2, 0.25) is 0 Å². The van der Waals surface area contributed by atoms with E-state index in [0.717, 1.165) is 25.7 Å². The molecule has 6 nitrogen and oxygen atoms in total. The minimum Gasteiger partial charge on any atom is -0.409 e. The third-order valence-corrected chi connectivity index (χ3v) is 3.25. The highest BCUT2D eigenvalue weighted by Crippen LogP contribution is 2.18. The van der Waals surface area contributed by atoms with Gasteiger partial charge in [0.25, 0.3) is 0 Å². The van der Waals surface area contributed by atoms with Crippen molar-refractivity contribution in [2.45, 2.75) is 31.7 Å². The van der Waals surface area contributed by atoms with Gasteiger partial charge in [0, 0.05) is 11.6 Å². The molecule has 0 saturated heterocycles. The molecule has 0 unspecified atom stereocenters. The summed E-state index contributed by atoms with van der Waals surface area (Å²) in [5, 5.41) is 17.3. The van der Waals surface area contributed by atoms with Gasteiger partial charge in [0.1, 0.15) is 0 Å². The normalized spacial score (nSPS) is 16.3. The third-order valence-electron chi connectivity index (χ3n) is 3.25. The molecule has 0 radical (unpaired) electrons. The maximum absolute atomic E-state index is 11.9. The number of amidine groups is 1. The summed E-state index contributed by atoms with van der Waals surface area (Å²) in [7, 11) is 0. The number of benzene rings is 1. The lowest BCUT2D eigenvalue weighted by Crippen LogP contribution is -2.36. The fraction of sp³-hybridized carbons (Fsp3) is 0.385. The summed E-state index contributed by atoms with van der Waals surface area (Å²) in [5.41, 5.74) is 6.58. The number of nitrogens with one attached hydrogen (secondary N) is 2. The van der Waals surface area contributed by atoms with Crippen LogP contribution in [0.2, 0.25) is 0 Å². The Morgan fingerprint density at radius 2 is 2.00 bits per heavy atom. The molecule has 6 heteroatoms. The smallest absolute Gasteiger partial charge is 0.319 e. The second-order valence-corrected chi connectivity index (χ2v) is 4.61. The van der Waals surface area contributed by atoms with Crippen LogP contribution in [0.3, 0.4) is 0 Å². The molecule has 1 saturated carbocycles. The Hall–Kier alpha value is -2.24. The molecule has 0 aliphatic heterocycles. The molecule has 0 aromatic heterocycles. The van der Waals surface area contributed by atoms with Crippen molar-refractivity contribution >= 4 is 17.6 Å². The molecular formula is C13H18N4O2. The fourth-order valence-corrected chi connectivity index (χ4v) is 2.28. The third kappa shape index (κ3) is 3.37. The maximum atomic E-state index is 11.9. The van der Waals surface area contributed by atoms with E-state index in [0.29, 0.717) is 11.3 Å². The summed E-state index contributed by atoms with van der Waals surface area (Å²) in [4.78, 5) is 11.9. The van der Waals surface area contributed by atoms with E-state index in [9.17, 15) is 4.79 Å². The van der Waals surface area contributed by atoms with Crippen molar-refractivity contribution in [3.05, 3.63) is 29.8 Å². The Kier molecular flexibility index (Phi) is 4.22. The minimum absolute atomic E-state index is 0.0308. The number of para-hydroxylation sites is 1. The number of carbonyl (C=O) groups excluding carboxylic acids is 1. The average molecular weight is 262 g/mol. The number of rotatable bonds is 3. The molecule has 19 heavy (non-hydrogen) atoms. The predicted octanol–water partition coefficient (Wildman–Crippen LogP) is 1.85. The van der Waals surface area contributed by atoms with Gasteiger partial charge in [-0.2, -0.15) is 0 Å². The number of oxime groups is 1. The molecule has 2 rings (SSSR count). The molecule has 1 aliphatic carbocycles. The van der Waals surface area contributed by atoms with Gasteiger partial charge in [-0.25, -0.2) is 4.79 Å². The average Bonchev–Trinajstić information content (AvgIpc) is 2.91. The van der Waals surface area contributed by atoms with Crippen molar-refractivity contribution in [1.82, 2.24) is 5.32 Å². The monoisotopic (exact) mass is 262 g/mol. The van der Waals surface area contributed by atoms with Crippen LogP contribution in [0, 0.1) is 0 Å². The largest absolute Gasteiger partial charge is 0.409 e. The van der Waals surface area contributed by atoms with Crippen LogP contribution in [0.4, 0.5) is 10.5 Å². The molecule has 0 atom stereocenters. The highest BCUT2D eigenvalue weighted by molar-refractivity contribution is 6.05. The highest BCUT2D eigenvalue weighted by Gasteiger charge is 2.17. The summed E-state index contributed by atoms with van der Waals surface area (Å²) in [5.74, 6) is -0.0308. The van der Waals surface area contributed by atoms with Gasteiger partial charge < -0.3 is 21.6 Å². The van der Waals surface area contributed by atoms with Crippen molar-refractivity contribution in [3.63, 3.8) is 0 Å². The molecule has 1 fully saturated rings. The molecular weight excluding hydrogens is 244 g/mol. The van der Waals surface area contributed by atoms with Gasteiger partial charge in [0.05, 0.1) is 5.69 Å². The van der Waals surface area contributed by atoms with E-state index in [1.54, 1.807) is 24.3 Å². The van der Waals surface area contributed by atoms with E-state index in [4.69, 9.17) is 10.9 Å². The molecule has 1 aromatic rings. The number of carbonyl (C=O) groups is 1. The number of urea groups is 1. The van der Waals surface area contributed by atoms with E-state index >= 15 is 0 Å². The molecule has 1 aliphatic rings. The highest BCUT2D eigenvalue weighted by atomic mass is 16.4. The number of hydrogen-bond acceptors (Lipinski definition) is 3. The quantitative estimate of drug-likeness (QED) is 0.289. The number of nitrogens with zero attached hydrogens (tertiary/aromatic N) is 1. The Morgan fingerprint density at radius 3 is 2.68 bits per heavy atom. The number of amides is 2. The molecule has 2 amide bonds. The Bertz CT molecular complexity index is 481. The van der Waals surface area contributed by atoms with Crippen molar-refractivity contribution in [1.29, 1.82) is 0 Å². The number of nitrogens with two attached hydrogens (primary N) is 1. The van der Waals surface area contributed by atoms with Gasteiger partial charge in [-0.3, -0.25) is 0 Å². The van der Waals surface area contributed by atoms with Crippen molar-refractivity contribution in [2.75, 3.05) is 5.32 Å². The first kappa shape index (κ1) is 13.2. The van der Waals surface area contributed by atoms with Crippen LogP contribution in [0.5, 0.6) is 0 Å². The number of anilines is 1. The van der Waals surface area contributed by atoms with Crippen LogP contribution in [0.15, 0.2) is 29.4 Å². The predicted molar refractivity (Wildman–Crippen MR) is 73.4 cm³/mol. The molecule has 0 bridgehead atoms. The van der Waals surface area contributed by atoms with E-state index in [1.807, 2.05) is 0 Å². The SMILES string of the molecule is NC(=NO)c1ccccc1NC(=O)NC1CCCC1.